The van der Waals surface area contributed by atoms with E-state index in [0.717, 1.165) is 6.07 Å². The van der Waals surface area contributed by atoms with Crippen LogP contribution in [0.5, 0.6) is 5.75 Å². The molecule has 1 aromatic rings. The maximum atomic E-state index is 13.4. The van der Waals surface area contributed by atoms with Gasteiger partial charge in [-0.15, -0.1) is 0 Å². The summed E-state index contributed by atoms with van der Waals surface area (Å²) in [6.07, 6.45) is -0.893. The Bertz CT molecular complexity index is 372. The van der Waals surface area contributed by atoms with Crippen molar-refractivity contribution in [2.45, 2.75) is 10.9 Å². The summed E-state index contributed by atoms with van der Waals surface area (Å²) in [7, 11) is 0. The second-order valence-corrected chi connectivity index (χ2v) is 4.68. The highest BCUT2D eigenvalue weighted by Gasteiger charge is 2.30. The van der Waals surface area contributed by atoms with Gasteiger partial charge in [0.05, 0.1) is 10.4 Å². The summed E-state index contributed by atoms with van der Waals surface area (Å²) in [5.74, 6) is -0.220. The highest BCUT2D eigenvalue weighted by molar-refractivity contribution is 9.09. The fraction of sp³-hybridized carbons (Fsp3) is 0.333. The van der Waals surface area contributed by atoms with Crippen LogP contribution in [0, 0.1) is 5.82 Å². The first kappa shape index (κ1) is 10.2. The first-order valence-electron chi connectivity index (χ1n) is 4.03. The van der Waals surface area contributed by atoms with E-state index >= 15 is 0 Å². The van der Waals surface area contributed by atoms with Crippen molar-refractivity contribution in [3.05, 3.63) is 28.5 Å². The predicted octanol–water partition coefficient (Wildman–Crippen LogP) is 2.67. The molecule has 0 aliphatic carbocycles. The van der Waals surface area contributed by atoms with Gasteiger partial charge in [-0.25, -0.2) is 4.39 Å². The van der Waals surface area contributed by atoms with Crippen LogP contribution in [-0.2, 0) is 0 Å². The van der Waals surface area contributed by atoms with Crippen LogP contribution in [0.15, 0.2) is 12.1 Å². The van der Waals surface area contributed by atoms with E-state index in [0.29, 0.717) is 12.4 Å². The molecule has 0 saturated carbocycles. The molecule has 5 heteroatoms. The summed E-state index contributed by atoms with van der Waals surface area (Å²) in [5, 5.41) is 9.96. The maximum absolute atomic E-state index is 13.4. The van der Waals surface area contributed by atoms with Gasteiger partial charge in [-0.1, -0.05) is 27.5 Å². The number of aliphatic hydroxyl groups is 1. The summed E-state index contributed by atoms with van der Waals surface area (Å²) >= 11 is 8.85. The first-order valence-corrected chi connectivity index (χ1v) is 5.33. The van der Waals surface area contributed by atoms with Gasteiger partial charge in [0.25, 0.3) is 0 Å². The van der Waals surface area contributed by atoms with Crippen molar-refractivity contribution in [3.8, 4) is 5.75 Å². The van der Waals surface area contributed by atoms with Crippen molar-refractivity contribution < 1.29 is 14.2 Å². The minimum absolute atomic E-state index is 0.169. The average Bonchev–Trinajstić information content (AvgIpc) is 2.10. The molecule has 2 atom stereocenters. The minimum Gasteiger partial charge on any atom is -0.492 e. The highest BCUT2D eigenvalue weighted by Crippen LogP contribution is 2.38. The van der Waals surface area contributed by atoms with Crippen molar-refractivity contribution in [3.63, 3.8) is 0 Å². The minimum atomic E-state index is -0.893. The summed E-state index contributed by atoms with van der Waals surface area (Å²) in [6.45, 7) is 0.300. The Balaban J connectivity index is 2.54. The van der Waals surface area contributed by atoms with E-state index in [1.165, 1.54) is 6.07 Å². The second kappa shape index (κ2) is 3.68. The number of hydrogen-bond donors (Lipinski definition) is 1. The Morgan fingerprint density at radius 1 is 1.57 bits per heavy atom. The van der Waals surface area contributed by atoms with E-state index in [1.807, 2.05) is 0 Å². The molecule has 14 heavy (non-hydrogen) atoms. The van der Waals surface area contributed by atoms with Crippen molar-refractivity contribution in [2.75, 3.05) is 6.61 Å². The van der Waals surface area contributed by atoms with Crippen molar-refractivity contribution in [1.29, 1.82) is 0 Å². The predicted molar refractivity (Wildman–Crippen MR) is 54.6 cm³/mol. The molecule has 1 N–H and O–H groups in total. The van der Waals surface area contributed by atoms with Crippen LogP contribution in [0.3, 0.4) is 0 Å². The van der Waals surface area contributed by atoms with Gasteiger partial charge >= 0.3 is 0 Å². The summed E-state index contributed by atoms with van der Waals surface area (Å²) < 4.78 is 18.6. The van der Waals surface area contributed by atoms with Crippen LogP contribution in [0.2, 0.25) is 5.02 Å². The zero-order chi connectivity index (χ0) is 10.3. The molecule has 1 aliphatic heterocycles. The molecule has 0 amide bonds. The largest absolute Gasteiger partial charge is 0.492 e. The van der Waals surface area contributed by atoms with Crippen LogP contribution >= 0.6 is 27.5 Å². The van der Waals surface area contributed by atoms with Gasteiger partial charge in [0.15, 0.2) is 0 Å². The molecule has 2 unspecified atom stereocenters. The molecule has 0 bridgehead atoms. The van der Waals surface area contributed by atoms with Gasteiger partial charge in [-0.3, -0.25) is 0 Å². The molecule has 1 aromatic carbocycles. The zero-order valence-electron chi connectivity index (χ0n) is 7.01. The van der Waals surface area contributed by atoms with Crippen molar-refractivity contribution >= 4 is 27.5 Å². The molecular formula is C9H7BrClFO2. The number of ether oxygens (including phenoxy) is 1. The number of rotatable bonds is 0. The van der Waals surface area contributed by atoms with Crippen LogP contribution in [0.25, 0.3) is 0 Å². The third-order valence-electron chi connectivity index (χ3n) is 2.09. The Hall–Kier alpha value is -0.320. The average molecular weight is 282 g/mol. The van der Waals surface area contributed by atoms with Crippen LogP contribution in [0.4, 0.5) is 4.39 Å². The number of fused-ring (bicyclic) bond motifs is 1. The number of aliphatic hydroxyl groups excluding tert-OH is 1. The van der Waals surface area contributed by atoms with Gasteiger partial charge in [0.1, 0.15) is 24.3 Å². The van der Waals surface area contributed by atoms with Crippen molar-refractivity contribution in [2.24, 2.45) is 0 Å². The Morgan fingerprint density at radius 3 is 3.00 bits per heavy atom. The van der Waals surface area contributed by atoms with E-state index in [4.69, 9.17) is 16.3 Å². The molecule has 0 fully saturated rings. The molecule has 76 valence electrons. The lowest BCUT2D eigenvalue weighted by Gasteiger charge is -2.27. The lowest BCUT2D eigenvalue weighted by atomic mass is 10.0. The standard InChI is InChI=1S/C9H7BrClFO2/c10-5-3-14-7-2-4(11)1-6(12)8(7)9(5)13/h1-2,5,9,13H,3H2. The number of benzene rings is 1. The smallest absolute Gasteiger partial charge is 0.134 e. The zero-order valence-corrected chi connectivity index (χ0v) is 9.35. The molecule has 1 aliphatic rings. The molecule has 0 spiro atoms. The normalized spacial score (nSPS) is 25.4. The van der Waals surface area contributed by atoms with E-state index in [2.05, 4.69) is 15.9 Å². The van der Waals surface area contributed by atoms with E-state index < -0.39 is 11.9 Å². The number of alkyl halides is 1. The third-order valence-corrected chi connectivity index (χ3v) is 3.08. The van der Waals surface area contributed by atoms with E-state index in [9.17, 15) is 9.50 Å². The molecule has 2 nitrogen and oxygen atoms in total. The summed E-state index contributed by atoms with van der Waals surface area (Å²) in [6, 6.07) is 2.67. The topological polar surface area (TPSA) is 29.5 Å². The molecule has 1 heterocycles. The fourth-order valence-corrected chi connectivity index (χ4v) is 2.00. The lowest BCUT2D eigenvalue weighted by molar-refractivity contribution is 0.120. The fourth-order valence-electron chi connectivity index (χ4n) is 1.41. The Morgan fingerprint density at radius 2 is 2.29 bits per heavy atom. The highest BCUT2D eigenvalue weighted by atomic mass is 79.9. The lowest BCUT2D eigenvalue weighted by Crippen LogP contribution is -2.26. The second-order valence-electron chi connectivity index (χ2n) is 3.07. The molecule has 0 aromatic heterocycles. The first-order chi connectivity index (χ1) is 6.59. The van der Waals surface area contributed by atoms with E-state index in [-0.39, 0.29) is 15.4 Å². The number of hydrogen-bond acceptors (Lipinski definition) is 2. The Labute approximate surface area is 93.8 Å². The van der Waals surface area contributed by atoms with Crippen molar-refractivity contribution in [1.82, 2.24) is 0 Å². The molecule has 2 rings (SSSR count). The third kappa shape index (κ3) is 1.62. The monoisotopic (exact) mass is 280 g/mol. The van der Waals surface area contributed by atoms with Crippen LogP contribution in [-0.4, -0.2) is 16.5 Å². The SMILES string of the molecule is OC1c2c(F)cc(Cl)cc2OCC1Br. The van der Waals surface area contributed by atoms with Gasteiger partial charge in [0, 0.05) is 5.02 Å². The van der Waals surface area contributed by atoms with Crippen LogP contribution < -0.4 is 4.74 Å². The molecular weight excluding hydrogens is 274 g/mol. The van der Waals surface area contributed by atoms with Gasteiger partial charge in [-0.05, 0) is 12.1 Å². The van der Waals surface area contributed by atoms with Gasteiger partial charge < -0.3 is 9.84 Å². The van der Waals surface area contributed by atoms with E-state index in [1.54, 1.807) is 0 Å². The Kier molecular flexibility index (Phi) is 2.68. The molecule has 0 saturated heterocycles. The summed E-state index contributed by atoms with van der Waals surface area (Å²) in [4.78, 5) is -0.286. The summed E-state index contributed by atoms with van der Waals surface area (Å²) in [5.41, 5.74) is 0.169. The number of halogens is 3. The van der Waals surface area contributed by atoms with Gasteiger partial charge in [0.2, 0.25) is 0 Å². The van der Waals surface area contributed by atoms with Crippen LogP contribution in [0.1, 0.15) is 11.7 Å². The quantitative estimate of drug-likeness (QED) is 0.741. The maximum Gasteiger partial charge on any atom is 0.134 e. The molecule has 0 radical (unpaired) electrons. The van der Waals surface area contributed by atoms with Gasteiger partial charge in [-0.2, -0.15) is 0 Å².